The smallest absolute Gasteiger partial charge is 0.335 e. The topological polar surface area (TPSA) is 118 Å². The Labute approximate surface area is 143 Å². The van der Waals surface area contributed by atoms with Crippen LogP contribution in [-0.2, 0) is 23.0 Å². The third kappa shape index (κ3) is 3.11. The molecule has 2 aromatic rings. The molecule has 130 valence electrons. The van der Waals surface area contributed by atoms with Crippen LogP contribution in [0, 0.1) is 10.1 Å². The van der Waals surface area contributed by atoms with Crippen LogP contribution in [-0.4, -0.2) is 35.3 Å². The Morgan fingerprint density at radius 2 is 1.92 bits per heavy atom. The summed E-state index contributed by atoms with van der Waals surface area (Å²) in [5.41, 5.74) is 0.994. The lowest BCUT2D eigenvalue weighted by Gasteiger charge is -2.27. The van der Waals surface area contributed by atoms with Crippen molar-refractivity contribution in [3.8, 4) is 0 Å². The Kier molecular flexibility index (Phi) is 4.27. The second kappa shape index (κ2) is 6.26. The zero-order valence-electron chi connectivity index (χ0n) is 13.0. The number of fused-ring (bicyclic) bond motifs is 1. The second-order valence-electron chi connectivity index (χ2n) is 5.59. The lowest BCUT2D eigenvalue weighted by Crippen LogP contribution is -2.36. The number of benzene rings is 2. The summed E-state index contributed by atoms with van der Waals surface area (Å²) in [6, 6.07) is 9.73. The van der Waals surface area contributed by atoms with Gasteiger partial charge >= 0.3 is 5.97 Å². The Morgan fingerprint density at radius 1 is 1.20 bits per heavy atom. The molecule has 1 N–H and O–H groups in total. The summed E-state index contributed by atoms with van der Waals surface area (Å²) in [5.74, 6) is -1.21. The third-order valence-corrected chi connectivity index (χ3v) is 5.96. The third-order valence-electron chi connectivity index (χ3n) is 4.12. The van der Waals surface area contributed by atoms with E-state index in [0.717, 1.165) is 6.07 Å². The molecular formula is C16H14N2O6S. The zero-order valence-corrected chi connectivity index (χ0v) is 13.8. The highest BCUT2D eigenvalue weighted by atomic mass is 32.2. The minimum atomic E-state index is -3.89. The van der Waals surface area contributed by atoms with Gasteiger partial charge in [0, 0.05) is 24.7 Å². The fraction of sp³-hybridized carbons (Fsp3) is 0.188. The number of hydrogen-bond donors (Lipinski definition) is 1. The van der Waals surface area contributed by atoms with Crippen molar-refractivity contribution in [3.05, 3.63) is 69.3 Å². The maximum atomic E-state index is 12.8. The van der Waals surface area contributed by atoms with E-state index in [0.29, 0.717) is 11.1 Å². The minimum Gasteiger partial charge on any atom is -0.478 e. The molecule has 1 aliphatic rings. The first-order valence-corrected chi connectivity index (χ1v) is 8.83. The predicted molar refractivity (Wildman–Crippen MR) is 87.8 cm³/mol. The van der Waals surface area contributed by atoms with E-state index in [-0.39, 0.29) is 35.7 Å². The van der Waals surface area contributed by atoms with Gasteiger partial charge in [0.15, 0.2) is 0 Å². The fourth-order valence-corrected chi connectivity index (χ4v) is 4.34. The Hall–Kier alpha value is -2.78. The molecule has 0 fully saturated rings. The summed E-state index contributed by atoms with van der Waals surface area (Å²) in [7, 11) is -3.89. The molecule has 0 saturated carbocycles. The van der Waals surface area contributed by atoms with Crippen LogP contribution in [0.25, 0.3) is 0 Å². The molecule has 9 heteroatoms. The van der Waals surface area contributed by atoms with Gasteiger partial charge in [-0.2, -0.15) is 4.31 Å². The van der Waals surface area contributed by atoms with Crippen LogP contribution in [0.1, 0.15) is 21.5 Å². The molecule has 0 saturated heterocycles. The van der Waals surface area contributed by atoms with Gasteiger partial charge in [-0.3, -0.25) is 10.1 Å². The molecule has 3 rings (SSSR count). The van der Waals surface area contributed by atoms with E-state index in [2.05, 4.69) is 0 Å². The number of carbonyl (C=O) groups is 1. The molecule has 0 bridgehead atoms. The van der Waals surface area contributed by atoms with E-state index in [1.54, 1.807) is 6.07 Å². The molecule has 2 aromatic carbocycles. The van der Waals surface area contributed by atoms with E-state index in [9.17, 15) is 23.3 Å². The summed E-state index contributed by atoms with van der Waals surface area (Å²) in [6.07, 6.45) is 0.227. The van der Waals surface area contributed by atoms with Crippen molar-refractivity contribution in [2.45, 2.75) is 17.9 Å². The van der Waals surface area contributed by atoms with Gasteiger partial charge in [-0.05, 0) is 30.2 Å². The molecule has 1 aliphatic heterocycles. The number of nitro benzene ring substituents is 1. The van der Waals surface area contributed by atoms with Gasteiger partial charge < -0.3 is 5.11 Å². The van der Waals surface area contributed by atoms with Crippen LogP contribution in [0.3, 0.4) is 0 Å². The van der Waals surface area contributed by atoms with Crippen molar-refractivity contribution >= 4 is 21.7 Å². The van der Waals surface area contributed by atoms with Gasteiger partial charge in [-0.15, -0.1) is 0 Å². The number of nitrogens with zero attached hydrogens (tertiary/aromatic N) is 2. The number of aromatic carboxylic acids is 1. The van der Waals surface area contributed by atoms with Crippen LogP contribution in [0.15, 0.2) is 47.4 Å². The molecule has 0 unspecified atom stereocenters. The number of hydrogen-bond acceptors (Lipinski definition) is 5. The number of carboxylic acid groups (broad SMARTS) is 1. The summed E-state index contributed by atoms with van der Waals surface area (Å²) < 4.78 is 26.8. The summed E-state index contributed by atoms with van der Waals surface area (Å²) >= 11 is 0. The number of carboxylic acids is 1. The van der Waals surface area contributed by atoms with E-state index in [4.69, 9.17) is 5.11 Å². The molecule has 0 atom stereocenters. The Bertz CT molecular complexity index is 970. The standard InChI is InChI=1S/C16H14N2O6S/c19-16(20)11-3-1-5-13(9-11)25(23,24)17-8-7-14-12(10-17)4-2-6-15(14)18(21)22/h1-6,9H,7-8,10H2,(H,19,20). The monoisotopic (exact) mass is 362 g/mol. The Balaban J connectivity index is 1.96. The summed E-state index contributed by atoms with van der Waals surface area (Å²) in [6.45, 7) is 0.105. The number of nitro groups is 1. The molecule has 0 aromatic heterocycles. The van der Waals surface area contributed by atoms with E-state index < -0.39 is 20.9 Å². The SMILES string of the molecule is O=C(O)c1cccc(S(=O)(=O)N2CCc3c(cccc3[N+](=O)[O-])C2)c1. The van der Waals surface area contributed by atoms with Crippen molar-refractivity contribution in [2.24, 2.45) is 0 Å². The average Bonchev–Trinajstić information content (AvgIpc) is 2.60. The van der Waals surface area contributed by atoms with Crippen LogP contribution in [0.2, 0.25) is 0 Å². The first-order valence-electron chi connectivity index (χ1n) is 7.39. The molecule has 0 amide bonds. The van der Waals surface area contributed by atoms with Crippen molar-refractivity contribution in [1.82, 2.24) is 4.31 Å². The lowest BCUT2D eigenvalue weighted by molar-refractivity contribution is -0.385. The molecule has 0 spiro atoms. The first kappa shape index (κ1) is 17.1. The zero-order chi connectivity index (χ0) is 18.2. The van der Waals surface area contributed by atoms with Gasteiger partial charge in [-0.1, -0.05) is 18.2 Å². The number of rotatable bonds is 4. The van der Waals surface area contributed by atoms with Gasteiger partial charge in [0.2, 0.25) is 10.0 Å². The molecule has 1 heterocycles. The molecule has 0 radical (unpaired) electrons. The van der Waals surface area contributed by atoms with Gasteiger partial charge in [-0.25, -0.2) is 13.2 Å². The van der Waals surface area contributed by atoms with Crippen LogP contribution in [0.4, 0.5) is 5.69 Å². The lowest BCUT2D eigenvalue weighted by atomic mass is 9.99. The number of sulfonamides is 1. The van der Waals surface area contributed by atoms with Crippen molar-refractivity contribution < 1.29 is 23.2 Å². The maximum absolute atomic E-state index is 12.8. The highest BCUT2D eigenvalue weighted by molar-refractivity contribution is 7.89. The van der Waals surface area contributed by atoms with Gasteiger partial charge in [0.05, 0.1) is 15.4 Å². The highest BCUT2D eigenvalue weighted by Gasteiger charge is 2.31. The van der Waals surface area contributed by atoms with Crippen molar-refractivity contribution in [1.29, 1.82) is 0 Å². The van der Waals surface area contributed by atoms with Crippen LogP contribution in [0.5, 0.6) is 0 Å². The van der Waals surface area contributed by atoms with Gasteiger partial charge in [0.1, 0.15) is 0 Å². The largest absolute Gasteiger partial charge is 0.478 e. The summed E-state index contributed by atoms with van der Waals surface area (Å²) in [5, 5.41) is 20.1. The molecule has 25 heavy (non-hydrogen) atoms. The highest BCUT2D eigenvalue weighted by Crippen LogP contribution is 2.30. The Morgan fingerprint density at radius 3 is 2.60 bits per heavy atom. The molecular weight excluding hydrogens is 348 g/mol. The predicted octanol–water partition coefficient (Wildman–Crippen LogP) is 2.04. The van der Waals surface area contributed by atoms with E-state index in [1.165, 1.54) is 34.6 Å². The minimum absolute atomic E-state index is 0.0106. The normalized spacial score (nSPS) is 14.7. The fourth-order valence-electron chi connectivity index (χ4n) is 2.88. The van der Waals surface area contributed by atoms with E-state index >= 15 is 0 Å². The van der Waals surface area contributed by atoms with Crippen molar-refractivity contribution in [3.63, 3.8) is 0 Å². The van der Waals surface area contributed by atoms with Crippen LogP contribution < -0.4 is 0 Å². The summed E-state index contributed by atoms with van der Waals surface area (Å²) in [4.78, 5) is 21.6. The molecule has 0 aliphatic carbocycles. The van der Waals surface area contributed by atoms with Gasteiger partial charge in [0.25, 0.3) is 5.69 Å². The first-order chi connectivity index (χ1) is 11.8. The second-order valence-corrected chi connectivity index (χ2v) is 7.53. The average molecular weight is 362 g/mol. The van der Waals surface area contributed by atoms with E-state index in [1.807, 2.05) is 0 Å². The van der Waals surface area contributed by atoms with Crippen molar-refractivity contribution in [2.75, 3.05) is 6.54 Å². The quantitative estimate of drug-likeness (QED) is 0.657. The maximum Gasteiger partial charge on any atom is 0.335 e. The molecule has 8 nitrogen and oxygen atoms in total. The van der Waals surface area contributed by atoms with Crippen LogP contribution >= 0.6 is 0 Å².